The van der Waals surface area contributed by atoms with Crippen molar-refractivity contribution in [1.82, 2.24) is 20.2 Å². The van der Waals surface area contributed by atoms with Crippen molar-refractivity contribution in [2.75, 3.05) is 25.0 Å². The Morgan fingerprint density at radius 2 is 2.06 bits per heavy atom. The Morgan fingerprint density at radius 1 is 1.26 bits per heavy atom. The smallest absolute Gasteiger partial charge is 0.265 e. The van der Waals surface area contributed by atoms with Crippen molar-refractivity contribution in [3.05, 3.63) is 39.6 Å². The van der Waals surface area contributed by atoms with E-state index < -0.39 is 0 Å². The van der Waals surface area contributed by atoms with Crippen molar-refractivity contribution in [1.29, 1.82) is 0 Å². The van der Waals surface area contributed by atoms with Gasteiger partial charge in [-0.2, -0.15) is 0 Å². The largest absolute Gasteiger partial charge is 0.373 e. The number of carbonyl (C=O) groups excluding carboxylic acids is 2. The van der Waals surface area contributed by atoms with Crippen LogP contribution in [-0.4, -0.2) is 52.4 Å². The molecule has 0 saturated carbocycles. The number of aromatic nitrogens is 2. The minimum Gasteiger partial charge on any atom is -0.373 e. The molecule has 4 heterocycles. The first-order valence-electron chi connectivity index (χ1n) is 11.2. The van der Waals surface area contributed by atoms with Crippen LogP contribution in [0.15, 0.2) is 18.5 Å². The molecule has 1 fully saturated rings. The van der Waals surface area contributed by atoms with Crippen molar-refractivity contribution in [3.8, 4) is 0 Å². The molecule has 2 aliphatic heterocycles. The second-order valence-corrected chi connectivity index (χ2v) is 9.81. The van der Waals surface area contributed by atoms with Crippen molar-refractivity contribution in [3.63, 3.8) is 0 Å². The number of piperidine rings is 1. The molecular weight excluding hydrogens is 410 g/mol. The van der Waals surface area contributed by atoms with Crippen molar-refractivity contribution in [2.45, 2.75) is 58.4 Å². The minimum atomic E-state index is -0.188. The maximum Gasteiger partial charge on any atom is 0.265 e. The van der Waals surface area contributed by atoms with Crippen LogP contribution in [0.3, 0.4) is 0 Å². The van der Waals surface area contributed by atoms with Gasteiger partial charge in [-0.3, -0.25) is 14.6 Å². The van der Waals surface area contributed by atoms with Crippen molar-refractivity contribution in [2.24, 2.45) is 5.92 Å². The fraction of sp³-hybridized carbons (Fsp3) is 0.565. The molecule has 1 saturated heterocycles. The Balaban J connectivity index is 1.10. The van der Waals surface area contributed by atoms with Gasteiger partial charge in [0.1, 0.15) is 10.9 Å². The van der Waals surface area contributed by atoms with E-state index in [-0.39, 0.29) is 17.9 Å². The normalized spacial score (nSPS) is 18.5. The first kappa shape index (κ1) is 21.7. The number of anilines is 1. The highest BCUT2D eigenvalue weighted by Crippen LogP contribution is 2.26. The Kier molecular flexibility index (Phi) is 6.85. The number of fused-ring (bicyclic) bond motifs is 1. The molecule has 4 rings (SSSR count). The summed E-state index contributed by atoms with van der Waals surface area (Å²) in [5.74, 6) is 0.877. The van der Waals surface area contributed by atoms with Gasteiger partial charge in [0.15, 0.2) is 0 Å². The predicted molar refractivity (Wildman–Crippen MR) is 122 cm³/mol. The van der Waals surface area contributed by atoms with E-state index in [1.54, 1.807) is 6.20 Å². The van der Waals surface area contributed by atoms with Gasteiger partial charge in [0.25, 0.3) is 5.91 Å². The standard InChI is InChI=1S/C23H31N5O2S/c1-15-21(31-16(2)26-15)23(30)28-11-7-17(8-12-28)5-3-4-9-25-22(29)20-13-18-14-24-10-6-19(18)27-20/h6,10,14,17,20,27H,3-5,7-9,11-13H2,1-2H3,(H,25,29). The van der Waals surface area contributed by atoms with Crippen LogP contribution in [0.4, 0.5) is 5.69 Å². The van der Waals surface area contributed by atoms with E-state index in [0.717, 1.165) is 72.0 Å². The molecule has 166 valence electrons. The van der Waals surface area contributed by atoms with Gasteiger partial charge in [-0.15, -0.1) is 11.3 Å². The molecule has 2 aromatic rings. The Hall–Kier alpha value is -2.48. The second-order valence-electron chi connectivity index (χ2n) is 8.60. The molecule has 31 heavy (non-hydrogen) atoms. The van der Waals surface area contributed by atoms with Crippen LogP contribution in [0, 0.1) is 19.8 Å². The van der Waals surface area contributed by atoms with Gasteiger partial charge in [-0.25, -0.2) is 4.98 Å². The monoisotopic (exact) mass is 441 g/mol. The third-order valence-electron chi connectivity index (χ3n) is 6.31. The van der Waals surface area contributed by atoms with Crippen LogP contribution in [0.5, 0.6) is 0 Å². The van der Waals surface area contributed by atoms with Crippen LogP contribution in [0.1, 0.15) is 58.0 Å². The van der Waals surface area contributed by atoms with Gasteiger partial charge in [0.2, 0.25) is 5.91 Å². The van der Waals surface area contributed by atoms with E-state index in [0.29, 0.717) is 18.9 Å². The minimum absolute atomic E-state index is 0.0663. The molecule has 2 aromatic heterocycles. The molecule has 1 unspecified atom stereocenters. The molecule has 0 aliphatic carbocycles. The summed E-state index contributed by atoms with van der Waals surface area (Å²) in [5.41, 5.74) is 2.97. The number of likely N-dealkylation sites (tertiary alicyclic amines) is 1. The number of rotatable bonds is 7. The summed E-state index contributed by atoms with van der Waals surface area (Å²) in [6.45, 7) is 6.25. The lowest BCUT2D eigenvalue weighted by molar-refractivity contribution is -0.121. The summed E-state index contributed by atoms with van der Waals surface area (Å²) in [4.78, 5) is 36.4. The molecule has 0 aromatic carbocycles. The summed E-state index contributed by atoms with van der Waals surface area (Å²) in [7, 11) is 0. The fourth-order valence-corrected chi connectivity index (χ4v) is 5.43. The number of unbranched alkanes of at least 4 members (excludes halogenated alkanes) is 1. The van der Waals surface area contributed by atoms with Crippen LogP contribution >= 0.6 is 11.3 Å². The number of hydrogen-bond donors (Lipinski definition) is 2. The third kappa shape index (κ3) is 5.23. The molecule has 2 amide bonds. The molecule has 0 bridgehead atoms. The number of pyridine rings is 1. The number of thiazole rings is 1. The van der Waals surface area contributed by atoms with E-state index in [2.05, 4.69) is 20.6 Å². The lowest BCUT2D eigenvalue weighted by Crippen LogP contribution is -2.39. The summed E-state index contributed by atoms with van der Waals surface area (Å²) in [5, 5.41) is 7.29. The second kappa shape index (κ2) is 9.77. The molecule has 1 atom stereocenters. The predicted octanol–water partition coefficient (Wildman–Crippen LogP) is 3.33. The number of nitrogens with one attached hydrogen (secondary N) is 2. The first-order valence-corrected chi connectivity index (χ1v) is 12.0. The van der Waals surface area contributed by atoms with E-state index in [1.165, 1.54) is 11.3 Å². The summed E-state index contributed by atoms with van der Waals surface area (Å²) >= 11 is 1.50. The molecule has 8 heteroatoms. The molecule has 0 radical (unpaired) electrons. The fourth-order valence-electron chi connectivity index (χ4n) is 4.54. The maximum atomic E-state index is 12.7. The Morgan fingerprint density at radius 3 is 2.77 bits per heavy atom. The number of carbonyl (C=O) groups is 2. The van der Waals surface area contributed by atoms with Gasteiger partial charge < -0.3 is 15.5 Å². The molecule has 2 N–H and O–H groups in total. The molecule has 7 nitrogen and oxygen atoms in total. The van der Waals surface area contributed by atoms with E-state index in [9.17, 15) is 9.59 Å². The highest BCUT2D eigenvalue weighted by atomic mass is 32.1. The maximum absolute atomic E-state index is 12.7. The van der Waals surface area contributed by atoms with Crippen molar-refractivity contribution < 1.29 is 9.59 Å². The summed E-state index contributed by atoms with van der Waals surface area (Å²) in [6, 6.07) is 1.73. The zero-order valence-electron chi connectivity index (χ0n) is 18.3. The number of hydrogen-bond acceptors (Lipinski definition) is 6. The Labute approximate surface area is 187 Å². The summed E-state index contributed by atoms with van der Waals surface area (Å²) in [6.07, 6.45) is 9.66. The highest BCUT2D eigenvalue weighted by Gasteiger charge is 2.27. The van der Waals surface area contributed by atoms with E-state index in [1.807, 2.05) is 31.0 Å². The van der Waals surface area contributed by atoms with Crippen LogP contribution in [0.25, 0.3) is 0 Å². The van der Waals surface area contributed by atoms with Crippen LogP contribution in [0.2, 0.25) is 0 Å². The van der Waals surface area contributed by atoms with Crippen molar-refractivity contribution >= 4 is 28.8 Å². The third-order valence-corrected chi connectivity index (χ3v) is 7.37. The number of nitrogens with zero attached hydrogens (tertiary/aromatic N) is 3. The average Bonchev–Trinajstić information content (AvgIpc) is 3.36. The topological polar surface area (TPSA) is 87.2 Å². The SMILES string of the molecule is Cc1nc(C)c(C(=O)N2CCC(CCCCNC(=O)C3Cc4cnccc4N3)CC2)s1. The Bertz CT molecular complexity index is 911. The van der Waals surface area contributed by atoms with E-state index >= 15 is 0 Å². The molecule has 0 spiro atoms. The average molecular weight is 442 g/mol. The quantitative estimate of drug-likeness (QED) is 0.644. The van der Waals surface area contributed by atoms with Gasteiger partial charge in [0.05, 0.1) is 10.7 Å². The van der Waals surface area contributed by atoms with Gasteiger partial charge in [-0.1, -0.05) is 12.8 Å². The van der Waals surface area contributed by atoms with Gasteiger partial charge >= 0.3 is 0 Å². The van der Waals surface area contributed by atoms with Crippen LogP contribution < -0.4 is 10.6 Å². The van der Waals surface area contributed by atoms with Gasteiger partial charge in [0, 0.05) is 44.1 Å². The van der Waals surface area contributed by atoms with Crippen LogP contribution in [-0.2, 0) is 11.2 Å². The highest BCUT2D eigenvalue weighted by molar-refractivity contribution is 7.13. The van der Waals surface area contributed by atoms with Gasteiger partial charge in [-0.05, 0) is 50.7 Å². The molecular formula is C23H31N5O2S. The zero-order chi connectivity index (χ0) is 21.8. The molecule has 2 aliphatic rings. The zero-order valence-corrected chi connectivity index (χ0v) is 19.1. The first-order chi connectivity index (χ1) is 15.0. The lowest BCUT2D eigenvalue weighted by Gasteiger charge is -2.32. The summed E-state index contributed by atoms with van der Waals surface area (Å²) < 4.78 is 0. The number of amides is 2. The number of aryl methyl sites for hydroxylation is 2. The van der Waals surface area contributed by atoms with E-state index in [4.69, 9.17) is 0 Å². The lowest BCUT2D eigenvalue weighted by atomic mass is 9.91.